The lowest BCUT2D eigenvalue weighted by atomic mass is 9.72. The zero-order valence-electron chi connectivity index (χ0n) is 16.5. The molecule has 2 fully saturated rings. The van der Waals surface area contributed by atoms with E-state index in [2.05, 4.69) is 9.97 Å². The van der Waals surface area contributed by atoms with Crippen LogP contribution in [0.15, 0.2) is 42.9 Å². The van der Waals surface area contributed by atoms with Crippen LogP contribution in [-0.2, 0) is 11.2 Å². The minimum Gasteiger partial charge on any atom is -0.505 e. The van der Waals surface area contributed by atoms with Crippen molar-refractivity contribution in [3.63, 3.8) is 0 Å². The summed E-state index contributed by atoms with van der Waals surface area (Å²) in [5, 5.41) is 9.91. The molecule has 2 aliphatic rings. The second-order valence-corrected chi connectivity index (χ2v) is 8.09. The molecular formula is C22H26N4O3. The van der Waals surface area contributed by atoms with Gasteiger partial charge in [-0.15, -0.1) is 0 Å². The fraction of sp³-hybridized carbons (Fsp3) is 0.455. The van der Waals surface area contributed by atoms with Crippen LogP contribution in [-0.4, -0.2) is 62.9 Å². The summed E-state index contributed by atoms with van der Waals surface area (Å²) in [5.74, 6) is -0.0858. The molecule has 0 aromatic carbocycles. The van der Waals surface area contributed by atoms with Crippen LogP contribution in [0.3, 0.4) is 0 Å². The number of carbonyl (C=O) groups is 2. The number of likely N-dealkylation sites (tertiary alicyclic amines) is 2. The second-order valence-electron chi connectivity index (χ2n) is 8.09. The highest BCUT2D eigenvalue weighted by atomic mass is 16.3. The van der Waals surface area contributed by atoms with Gasteiger partial charge in [0.05, 0.1) is 0 Å². The summed E-state index contributed by atoms with van der Waals surface area (Å²) in [6, 6.07) is 7.05. The molecule has 0 unspecified atom stereocenters. The Balaban J connectivity index is 1.36. The number of aromatic nitrogens is 2. The Morgan fingerprint density at radius 1 is 1.14 bits per heavy atom. The molecule has 2 aromatic rings. The van der Waals surface area contributed by atoms with Crippen molar-refractivity contribution in [2.75, 3.05) is 26.2 Å². The van der Waals surface area contributed by atoms with E-state index in [0.717, 1.165) is 37.8 Å². The van der Waals surface area contributed by atoms with Gasteiger partial charge in [-0.05, 0) is 54.9 Å². The molecular weight excluding hydrogens is 368 g/mol. The first-order valence-electron chi connectivity index (χ1n) is 10.2. The van der Waals surface area contributed by atoms with Crippen molar-refractivity contribution >= 4 is 11.8 Å². The van der Waals surface area contributed by atoms with Crippen LogP contribution in [0.25, 0.3) is 0 Å². The summed E-state index contributed by atoms with van der Waals surface area (Å²) in [6.07, 6.45) is 9.11. The largest absolute Gasteiger partial charge is 0.505 e. The van der Waals surface area contributed by atoms with E-state index in [0.29, 0.717) is 26.1 Å². The standard InChI is InChI=1S/C22H26N4O3/c27-18-4-2-11-24-20(18)21(29)25-13-8-22(9-14-25)7-5-19(28)26(16-22)12-6-17-3-1-10-23-15-17/h1-4,10-11,15,27H,5-9,12-14,16H2. The predicted molar refractivity (Wildman–Crippen MR) is 107 cm³/mol. The van der Waals surface area contributed by atoms with Crippen molar-refractivity contribution in [1.82, 2.24) is 19.8 Å². The van der Waals surface area contributed by atoms with Crippen molar-refractivity contribution in [2.24, 2.45) is 5.41 Å². The molecule has 2 aliphatic heterocycles. The molecule has 7 nitrogen and oxygen atoms in total. The van der Waals surface area contributed by atoms with Crippen LogP contribution in [0, 0.1) is 5.41 Å². The number of amides is 2. The smallest absolute Gasteiger partial charge is 0.276 e. The van der Waals surface area contributed by atoms with Gasteiger partial charge in [-0.2, -0.15) is 0 Å². The molecule has 0 atom stereocenters. The second kappa shape index (κ2) is 8.19. The molecule has 2 saturated heterocycles. The Bertz CT molecular complexity index is 879. The predicted octanol–water partition coefficient (Wildman–Crippen LogP) is 2.27. The number of aromatic hydroxyl groups is 1. The molecule has 2 aromatic heterocycles. The molecule has 4 rings (SSSR count). The Hall–Kier alpha value is -2.96. The zero-order valence-corrected chi connectivity index (χ0v) is 16.5. The van der Waals surface area contributed by atoms with E-state index in [-0.39, 0.29) is 28.7 Å². The van der Waals surface area contributed by atoms with Gasteiger partial charge < -0.3 is 14.9 Å². The maximum atomic E-state index is 12.7. The molecule has 7 heteroatoms. The van der Waals surface area contributed by atoms with Gasteiger partial charge in [0.2, 0.25) is 5.91 Å². The van der Waals surface area contributed by atoms with Crippen molar-refractivity contribution in [3.8, 4) is 5.75 Å². The molecule has 29 heavy (non-hydrogen) atoms. The van der Waals surface area contributed by atoms with E-state index >= 15 is 0 Å². The van der Waals surface area contributed by atoms with Gasteiger partial charge in [0.1, 0.15) is 5.75 Å². The molecule has 152 valence electrons. The Morgan fingerprint density at radius 3 is 2.66 bits per heavy atom. The molecule has 0 bridgehead atoms. The number of pyridine rings is 2. The molecule has 0 radical (unpaired) electrons. The van der Waals surface area contributed by atoms with Gasteiger partial charge in [0, 0.05) is 51.2 Å². The number of hydrogen-bond acceptors (Lipinski definition) is 5. The lowest BCUT2D eigenvalue weighted by Gasteiger charge is -2.47. The summed E-state index contributed by atoms with van der Waals surface area (Å²) in [5.41, 5.74) is 1.32. The zero-order chi connectivity index (χ0) is 20.3. The van der Waals surface area contributed by atoms with Crippen LogP contribution >= 0.6 is 0 Å². The maximum Gasteiger partial charge on any atom is 0.276 e. The number of hydrogen-bond donors (Lipinski definition) is 1. The Labute approximate surface area is 170 Å². The van der Waals surface area contributed by atoms with Crippen molar-refractivity contribution < 1.29 is 14.7 Å². The maximum absolute atomic E-state index is 12.7. The number of carbonyl (C=O) groups excluding carboxylic acids is 2. The van der Waals surface area contributed by atoms with Gasteiger partial charge in [-0.3, -0.25) is 14.6 Å². The highest BCUT2D eigenvalue weighted by molar-refractivity contribution is 5.94. The molecule has 0 aliphatic carbocycles. The fourth-order valence-corrected chi connectivity index (χ4v) is 4.42. The van der Waals surface area contributed by atoms with Gasteiger partial charge >= 0.3 is 0 Å². The van der Waals surface area contributed by atoms with Crippen molar-refractivity contribution in [2.45, 2.75) is 32.1 Å². The molecule has 0 saturated carbocycles. The van der Waals surface area contributed by atoms with Gasteiger partial charge in [0.15, 0.2) is 5.69 Å². The first-order chi connectivity index (χ1) is 14.1. The van der Waals surface area contributed by atoms with Crippen LogP contribution in [0.2, 0.25) is 0 Å². The number of nitrogens with zero attached hydrogens (tertiary/aromatic N) is 4. The average molecular weight is 394 g/mol. The van der Waals surface area contributed by atoms with Gasteiger partial charge in [-0.1, -0.05) is 6.07 Å². The Morgan fingerprint density at radius 2 is 1.93 bits per heavy atom. The van der Waals surface area contributed by atoms with E-state index in [1.807, 2.05) is 23.2 Å². The number of piperidine rings is 2. The summed E-state index contributed by atoms with van der Waals surface area (Å²) in [6.45, 7) is 2.71. The van der Waals surface area contributed by atoms with E-state index in [9.17, 15) is 14.7 Å². The Kier molecular flexibility index (Phi) is 5.47. The quantitative estimate of drug-likeness (QED) is 0.860. The van der Waals surface area contributed by atoms with Crippen LogP contribution in [0.4, 0.5) is 0 Å². The highest BCUT2D eigenvalue weighted by Crippen LogP contribution is 2.40. The normalized spacial score (nSPS) is 18.8. The van der Waals surface area contributed by atoms with Crippen molar-refractivity contribution in [3.05, 3.63) is 54.1 Å². The SMILES string of the molecule is O=C1CCC2(CCN(C(=O)c3ncccc3O)CC2)CN1CCc1cccnc1. The summed E-state index contributed by atoms with van der Waals surface area (Å²) in [4.78, 5) is 37.1. The van der Waals surface area contributed by atoms with E-state index in [1.54, 1.807) is 17.2 Å². The third kappa shape index (κ3) is 4.23. The molecule has 1 N–H and O–H groups in total. The van der Waals surface area contributed by atoms with Crippen LogP contribution in [0.1, 0.15) is 41.7 Å². The minimum atomic E-state index is -0.224. The summed E-state index contributed by atoms with van der Waals surface area (Å²) in [7, 11) is 0. The van der Waals surface area contributed by atoms with Crippen molar-refractivity contribution in [1.29, 1.82) is 0 Å². The monoisotopic (exact) mass is 394 g/mol. The van der Waals surface area contributed by atoms with E-state index < -0.39 is 0 Å². The minimum absolute atomic E-state index is 0.0752. The van der Waals surface area contributed by atoms with E-state index in [4.69, 9.17) is 0 Å². The number of rotatable bonds is 4. The first kappa shape index (κ1) is 19.4. The highest BCUT2D eigenvalue weighted by Gasteiger charge is 2.41. The molecule has 1 spiro atoms. The summed E-state index contributed by atoms with van der Waals surface area (Å²) >= 11 is 0. The summed E-state index contributed by atoms with van der Waals surface area (Å²) < 4.78 is 0. The van der Waals surface area contributed by atoms with Crippen LogP contribution in [0.5, 0.6) is 5.75 Å². The lowest BCUT2D eigenvalue weighted by Crippen LogP contribution is -2.52. The molecule has 4 heterocycles. The molecule has 2 amide bonds. The fourth-order valence-electron chi connectivity index (χ4n) is 4.42. The third-order valence-electron chi connectivity index (χ3n) is 6.24. The van der Waals surface area contributed by atoms with Crippen LogP contribution < -0.4 is 0 Å². The lowest BCUT2D eigenvalue weighted by molar-refractivity contribution is -0.138. The topological polar surface area (TPSA) is 86.6 Å². The third-order valence-corrected chi connectivity index (χ3v) is 6.24. The van der Waals surface area contributed by atoms with Gasteiger partial charge in [-0.25, -0.2) is 4.98 Å². The first-order valence-corrected chi connectivity index (χ1v) is 10.2. The van der Waals surface area contributed by atoms with E-state index in [1.165, 1.54) is 12.3 Å². The average Bonchev–Trinajstić information content (AvgIpc) is 2.76. The van der Waals surface area contributed by atoms with Gasteiger partial charge in [0.25, 0.3) is 5.91 Å².